The van der Waals surface area contributed by atoms with Gasteiger partial charge in [0.1, 0.15) is 28.4 Å². The van der Waals surface area contributed by atoms with Crippen LogP contribution in [0.25, 0.3) is 0 Å². The first-order chi connectivity index (χ1) is 15.4. The Balaban J connectivity index is 1.73. The van der Waals surface area contributed by atoms with Crippen LogP contribution in [0.5, 0.6) is 0 Å². The maximum atomic E-state index is 12.9. The number of anilines is 1. The lowest BCUT2D eigenvalue weighted by atomic mass is 10.0. The molecule has 15 heteroatoms. The number of fused-ring (bicyclic) bond motifs is 1. The van der Waals surface area contributed by atoms with Crippen LogP contribution in [0, 0.1) is 0 Å². The van der Waals surface area contributed by atoms with Gasteiger partial charge in [-0.2, -0.15) is 0 Å². The molecule has 4 N–H and O–H groups in total. The fourth-order valence-corrected chi connectivity index (χ4v) is 5.01. The van der Waals surface area contributed by atoms with Crippen molar-refractivity contribution in [2.45, 2.75) is 37.8 Å². The normalized spacial score (nSPS) is 20.7. The molecule has 33 heavy (non-hydrogen) atoms. The van der Waals surface area contributed by atoms with E-state index < -0.39 is 47.4 Å². The van der Waals surface area contributed by atoms with Crippen molar-refractivity contribution in [1.29, 1.82) is 0 Å². The number of thioether (sulfide) groups is 1. The lowest BCUT2D eigenvalue weighted by molar-refractivity contribution is -0.160. The topological polar surface area (TPSA) is 174 Å². The standard InChI is InChI=1S/C18H20ClN5O7S2/c1-18(2,3)31-9(25)4-30-23-10(8-6-33-17(20)21-8)13(26)22-11-14(27)24-12(16(28)29)7(19)5-32-15(11)24/h6,11,15H,4-5H2,1-3H3,(H2,20,21)(H,22,26)(H,28,29)/t11?,15-/m0/s1. The number of carboxylic acids is 1. The van der Waals surface area contributed by atoms with Crippen LogP contribution in [0.1, 0.15) is 26.5 Å². The zero-order valence-corrected chi connectivity index (χ0v) is 20.0. The molecule has 1 aromatic heterocycles. The summed E-state index contributed by atoms with van der Waals surface area (Å²) in [5.74, 6) is -3.31. The van der Waals surface area contributed by atoms with Gasteiger partial charge in [-0.15, -0.1) is 23.1 Å². The number of nitrogens with one attached hydrogen (secondary N) is 1. The fraction of sp³-hybridized carbons (Fsp3) is 0.444. The number of carbonyl (C=O) groups is 4. The van der Waals surface area contributed by atoms with Crippen molar-refractivity contribution >= 4 is 69.3 Å². The van der Waals surface area contributed by atoms with E-state index in [0.29, 0.717) is 0 Å². The molecule has 178 valence electrons. The lowest BCUT2D eigenvalue weighted by Crippen LogP contribution is -2.71. The molecular formula is C18H20ClN5O7S2. The van der Waals surface area contributed by atoms with Gasteiger partial charge in [0.25, 0.3) is 11.8 Å². The number of aliphatic carboxylic acids is 1. The Bertz CT molecular complexity index is 1060. The molecule has 2 amide bonds. The van der Waals surface area contributed by atoms with E-state index in [1.165, 1.54) is 17.1 Å². The number of thiazole rings is 1. The van der Waals surface area contributed by atoms with Gasteiger partial charge in [0, 0.05) is 11.1 Å². The number of nitrogens with two attached hydrogens (primary N) is 1. The Morgan fingerprint density at radius 3 is 2.70 bits per heavy atom. The number of ether oxygens (including phenoxy) is 1. The van der Waals surface area contributed by atoms with E-state index in [1.54, 1.807) is 20.8 Å². The molecule has 3 heterocycles. The minimum absolute atomic E-state index is 0.0395. The zero-order chi connectivity index (χ0) is 24.5. The van der Waals surface area contributed by atoms with E-state index in [9.17, 15) is 24.3 Å². The molecule has 0 aliphatic carbocycles. The van der Waals surface area contributed by atoms with Crippen LogP contribution in [0.3, 0.4) is 0 Å². The van der Waals surface area contributed by atoms with E-state index in [0.717, 1.165) is 16.2 Å². The number of rotatable bonds is 7. The minimum atomic E-state index is -1.33. The van der Waals surface area contributed by atoms with Gasteiger partial charge in [-0.25, -0.2) is 14.6 Å². The average molecular weight is 518 g/mol. The van der Waals surface area contributed by atoms with E-state index in [4.69, 9.17) is 26.9 Å². The number of amides is 2. The minimum Gasteiger partial charge on any atom is -0.477 e. The van der Waals surface area contributed by atoms with Crippen LogP contribution in [0.4, 0.5) is 5.13 Å². The number of esters is 1. The first-order valence-corrected chi connectivity index (χ1v) is 11.7. The molecule has 0 saturated carbocycles. The Labute approximate surface area is 201 Å². The number of nitrogens with zero attached hydrogens (tertiary/aromatic N) is 3. The average Bonchev–Trinajstić information content (AvgIpc) is 3.13. The lowest BCUT2D eigenvalue weighted by Gasteiger charge is -2.48. The Hall–Kier alpha value is -2.84. The number of oxime groups is 1. The van der Waals surface area contributed by atoms with Crippen molar-refractivity contribution in [3.63, 3.8) is 0 Å². The van der Waals surface area contributed by atoms with Crippen LogP contribution in [0.2, 0.25) is 0 Å². The van der Waals surface area contributed by atoms with Crippen molar-refractivity contribution in [1.82, 2.24) is 15.2 Å². The van der Waals surface area contributed by atoms with E-state index in [-0.39, 0.29) is 33.0 Å². The summed E-state index contributed by atoms with van der Waals surface area (Å²) in [5, 5.41) is 16.6. The second-order valence-electron chi connectivity index (χ2n) is 7.79. The maximum Gasteiger partial charge on any atom is 0.353 e. The van der Waals surface area contributed by atoms with Crippen LogP contribution in [-0.4, -0.2) is 73.8 Å². The SMILES string of the molecule is CC(C)(C)OC(=O)CON=C(C(=O)NC1C(=O)N2C(C(=O)O)=C(Cl)CS[C@@H]12)c1csc(N)n1. The molecule has 1 fully saturated rings. The second kappa shape index (κ2) is 9.57. The van der Waals surface area contributed by atoms with Crippen molar-refractivity contribution < 1.29 is 33.9 Å². The molecule has 2 aliphatic rings. The summed E-state index contributed by atoms with van der Waals surface area (Å²) in [6.07, 6.45) is 0. The van der Waals surface area contributed by atoms with Gasteiger partial charge in [0.05, 0.1) is 5.03 Å². The molecule has 0 aromatic carbocycles. The third kappa shape index (κ3) is 5.57. The molecule has 3 rings (SSSR count). The van der Waals surface area contributed by atoms with Gasteiger partial charge in [-0.3, -0.25) is 14.5 Å². The fourth-order valence-electron chi connectivity index (χ4n) is 2.91. The smallest absolute Gasteiger partial charge is 0.353 e. The highest BCUT2D eigenvalue weighted by molar-refractivity contribution is 8.00. The van der Waals surface area contributed by atoms with Crippen molar-refractivity contribution in [3.8, 4) is 0 Å². The highest BCUT2D eigenvalue weighted by Crippen LogP contribution is 2.41. The van der Waals surface area contributed by atoms with Crippen LogP contribution in [0.15, 0.2) is 21.3 Å². The summed E-state index contributed by atoms with van der Waals surface area (Å²) in [4.78, 5) is 58.8. The zero-order valence-electron chi connectivity index (χ0n) is 17.7. The Morgan fingerprint density at radius 2 is 2.12 bits per heavy atom. The molecule has 12 nitrogen and oxygen atoms in total. The summed E-state index contributed by atoms with van der Waals surface area (Å²) in [5.41, 5.74) is 4.36. The third-order valence-electron chi connectivity index (χ3n) is 4.15. The van der Waals surface area contributed by atoms with E-state index >= 15 is 0 Å². The van der Waals surface area contributed by atoms with Gasteiger partial charge < -0.3 is 25.7 Å². The maximum absolute atomic E-state index is 12.9. The Kier molecular flexibility index (Phi) is 7.19. The molecule has 1 unspecified atom stereocenters. The third-order valence-corrected chi connectivity index (χ3v) is 6.57. The summed E-state index contributed by atoms with van der Waals surface area (Å²) < 4.78 is 5.11. The van der Waals surface area contributed by atoms with Crippen molar-refractivity contribution in [3.05, 3.63) is 21.8 Å². The molecule has 0 bridgehead atoms. The highest BCUT2D eigenvalue weighted by atomic mass is 35.5. The van der Waals surface area contributed by atoms with Gasteiger partial charge in [-0.05, 0) is 20.8 Å². The molecule has 1 saturated heterocycles. The molecule has 1 aromatic rings. The van der Waals surface area contributed by atoms with Crippen molar-refractivity contribution in [2.24, 2.45) is 5.16 Å². The molecule has 2 aliphatic heterocycles. The second-order valence-corrected chi connectivity index (χ2v) is 10.2. The van der Waals surface area contributed by atoms with Crippen LogP contribution >= 0.6 is 34.7 Å². The van der Waals surface area contributed by atoms with Crippen molar-refractivity contribution in [2.75, 3.05) is 18.1 Å². The number of carboxylic acid groups (broad SMARTS) is 1. The largest absolute Gasteiger partial charge is 0.477 e. The number of nitrogen functional groups attached to an aromatic ring is 1. The Morgan fingerprint density at radius 1 is 1.42 bits per heavy atom. The number of halogens is 1. The first-order valence-electron chi connectivity index (χ1n) is 9.39. The number of β-lactam (4-membered cyclic amide) rings is 1. The number of carbonyl (C=O) groups excluding carboxylic acids is 3. The summed E-state index contributed by atoms with van der Waals surface area (Å²) >= 11 is 8.21. The monoisotopic (exact) mass is 517 g/mol. The predicted molar refractivity (Wildman–Crippen MR) is 120 cm³/mol. The molecular weight excluding hydrogens is 498 g/mol. The van der Waals surface area contributed by atoms with Gasteiger partial charge in [0.15, 0.2) is 10.8 Å². The van der Waals surface area contributed by atoms with E-state index in [2.05, 4.69) is 15.5 Å². The quantitative estimate of drug-likeness (QED) is 0.202. The molecule has 0 spiro atoms. The van der Waals surface area contributed by atoms with Gasteiger partial charge >= 0.3 is 11.9 Å². The number of hydrogen-bond acceptors (Lipinski definition) is 11. The summed E-state index contributed by atoms with van der Waals surface area (Å²) in [6.45, 7) is 4.50. The number of hydrogen-bond donors (Lipinski definition) is 3. The predicted octanol–water partition coefficient (Wildman–Crippen LogP) is 0.723. The first kappa shape index (κ1) is 24.8. The van der Waals surface area contributed by atoms with Crippen LogP contribution < -0.4 is 11.1 Å². The van der Waals surface area contributed by atoms with E-state index in [1.807, 2.05) is 0 Å². The van der Waals surface area contributed by atoms with Gasteiger partial charge in [0.2, 0.25) is 6.61 Å². The molecule has 2 atom stereocenters. The summed E-state index contributed by atoms with van der Waals surface area (Å²) in [7, 11) is 0. The number of aromatic nitrogens is 1. The van der Waals surface area contributed by atoms with Gasteiger partial charge in [-0.1, -0.05) is 16.8 Å². The van der Waals surface area contributed by atoms with Crippen LogP contribution in [-0.2, 0) is 28.8 Å². The molecule has 0 radical (unpaired) electrons. The highest BCUT2D eigenvalue weighted by Gasteiger charge is 2.54. The summed E-state index contributed by atoms with van der Waals surface area (Å²) in [6, 6.07) is -1.02.